The minimum Gasteiger partial charge on any atom is -0.204 e. The summed E-state index contributed by atoms with van der Waals surface area (Å²) in [6.45, 7) is 1.47. The fraction of sp³-hybridized carbons (Fsp3) is 0.0769. The van der Waals surface area contributed by atoms with Gasteiger partial charge in [0.25, 0.3) is 0 Å². The number of nitriles is 6. The topological polar surface area (TPSA) is 143 Å². The van der Waals surface area contributed by atoms with E-state index in [4.69, 9.17) is 0 Å². The Balaban J connectivity index is 2.59. The summed E-state index contributed by atoms with van der Waals surface area (Å²) in [5, 5.41) is 56.4. The first-order valence-corrected chi connectivity index (χ1v) is 9.62. The maximum atomic E-state index is 14.5. The number of rotatable bonds is 3. The van der Waals surface area contributed by atoms with Gasteiger partial charge in [0.1, 0.15) is 36.4 Å². The standard InChI is InChI=1S/C26H9F3N6/c1-26(20-2-14(8-30)23(27)15(3-20)9-31,21-4-16(10-32)24(28)17(5-21)11-33)22-6-18(12-34)25(29)19(7-22)13-35/h2-7H,1H3. The molecule has 3 aromatic carbocycles. The number of halogens is 3. The van der Waals surface area contributed by atoms with Gasteiger partial charge in [-0.2, -0.15) is 31.6 Å². The fourth-order valence-corrected chi connectivity index (χ4v) is 3.73. The highest BCUT2D eigenvalue weighted by Gasteiger charge is 2.36. The van der Waals surface area contributed by atoms with E-state index < -0.39 is 56.2 Å². The van der Waals surface area contributed by atoms with Crippen LogP contribution in [0.5, 0.6) is 0 Å². The van der Waals surface area contributed by atoms with E-state index in [1.807, 2.05) is 0 Å². The van der Waals surface area contributed by atoms with Crippen molar-refractivity contribution in [3.05, 3.63) is 104 Å². The van der Waals surface area contributed by atoms with Gasteiger partial charge in [0.15, 0.2) is 17.5 Å². The van der Waals surface area contributed by atoms with Gasteiger partial charge in [-0.15, -0.1) is 0 Å². The Morgan fingerprint density at radius 1 is 0.457 bits per heavy atom. The predicted molar refractivity (Wildman–Crippen MR) is 113 cm³/mol. The van der Waals surface area contributed by atoms with Crippen LogP contribution in [0.25, 0.3) is 0 Å². The van der Waals surface area contributed by atoms with Crippen LogP contribution in [-0.2, 0) is 5.41 Å². The highest BCUT2D eigenvalue weighted by molar-refractivity contribution is 5.60. The first-order valence-electron chi connectivity index (χ1n) is 9.62. The molecule has 9 heteroatoms. The monoisotopic (exact) mass is 462 g/mol. The van der Waals surface area contributed by atoms with Gasteiger partial charge in [0.05, 0.1) is 33.4 Å². The lowest BCUT2D eigenvalue weighted by Crippen LogP contribution is -2.27. The van der Waals surface area contributed by atoms with Crippen molar-refractivity contribution in [3.8, 4) is 36.4 Å². The van der Waals surface area contributed by atoms with Crippen LogP contribution in [0.1, 0.15) is 57.0 Å². The highest BCUT2D eigenvalue weighted by Crippen LogP contribution is 2.42. The maximum Gasteiger partial charge on any atom is 0.158 e. The second kappa shape index (κ2) is 9.10. The number of nitrogens with zero attached hydrogens (tertiary/aromatic N) is 6. The minimum atomic E-state index is -1.61. The molecule has 0 atom stereocenters. The summed E-state index contributed by atoms with van der Waals surface area (Å²) in [7, 11) is 0. The van der Waals surface area contributed by atoms with Gasteiger partial charge < -0.3 is 0 Å². The summed E-state index contributed by atoms with van der Waals surface area (Å²) in [5.41, 5.74) is -4.41. The third-order valence-corrected chi connectivity index (χ3v) is 5.67. The lowest BCUT2D eigenvalue weighted by molar-refractivity contribution is 0.605. The highest BCUT2D eigenvalue weighted by atomic mass is 19.1. The molecule has 0 unspecified atom stereocenters. The average Bonchev–Trinajstić information content (AvgIpc) is 2.88. The van der Waals surface area contributed by atoms with Crippen molar-refractivity contribution in [2.45, 2.75) is 12.3 Å². The fourth-order valence-electron chi connectivity index (χ4n) is 3.73. The Kier molecular flexibility index (Phi) is 6.25. The summed E-state index contributed by atoms with van der Waals surface area (Å²) in [5.74, 6) is -3.24. The Bertz CT molecular complexity index is 1360. The molecule has 35 heavy (non-hydrogen) atoms. The van der Waals surface area contributed by atoms with Gasteiger partial charge in [0.2, 0.25) is 0 Å². The molecule has 0 radical (unpaired) electrons. The number of benzene rings is 3. The van der Waals surface area contributed by atoms with E-state index in [1.165, 1.54) is 6.92 Å². The molecule has 0 aliphatic rings. The van der Waals surface area contributed by atoms with Crippen molar-refractivity contribution >= 4 is 0 Å². The number of hydrogen-bond acceptors (Lipinski definition) is 6. The van der Waals surface area contributed by atoms with Gasteiger partial charge in [-0.3, -0.25) is 0 Å². The van der Waals surface area contributed by atoms with Gasteiger partial charge >= 0.3 is 0 Å². The molecule has 0 fully saturated rings. The van der Waals surface area contributed by atoms with E-state index in [9.17, 15) is 44.7 Å². The molecule has 164 valence electrons. The lowest BCUT2D eigenvalue weighted by Gasteiger charge is -2.33. The van der Waals surface area contributed by atoms with Crippen LogP contribution in [0.15, 0.2) is 36.4 Å². The Morgan fingerprint density at radius 2 is 0.629 bits per heavy atom. The van der Waals surface area contributed by atoms with E-state index >= 15 is 0 Å². The van der Waals surface area contributed by atoms with Crippen LogP contribution in [0.2, 0.25) is 0 Å². The second-order valence-corrected chi connectivity index (χ2v) is 7.45. The molecule has 0 N–H and O–H groups in total. The van der Waals surface area contributed by atoms with Crippen molar-refractivity contribution in [1.82, 2.24) is 0 Å². The maximum absolute atomic E-state index is 14.5. The van der Waals surface area contributed by atoms with E-state index in [1.54, 1.807) is 36.4 Å². The van der Waals surface area contributed by atoms with Crippen LogP contribution < -0.4 is 0 Å². The molecule has 0 spiro atoms. The van der Waals surface area contributed by atoms with Crippen LogP contribution in [0.3, 0.4) is 0 Å². The van der Waals surface area contributed by atoms with Crippen molar-refractivity contribution in [1.29, 1.82) is 31.6 Å². The average molecular weight is 462 g/mol. The summed E-state index contributed by atoms with van der Waals surface area (Å²) in [6, 6.07) is 16.5. The summed E-state index contributed by atoms with van der Waals surface area (Å²) in [4.78, 5) is 0. The van der Waals surface area contributed by atoms with E-state index in [2.05, 4.69) is 0 Å². The smallest absolute Gasteiger partial charge is 0.158 e. The van der Waals surface area contributed by atoms with Crippen molar-refractivity contribution in [2.75, 3.05) is 0 Å². The van der Waals surface area contributed by atoms with E-state index in [0.717, 1.165) is 36.4 Å². The third kappa shape index (κ3) is 3.77. The zero-order chi connectivity index (χ0) is 25.9. The first-order chi connectivity index (χ1) is 16.7. The molecular weight excluding hydrogens is 453 g/mol. The second-order valence-electron chi connectivity index (χ2n) is 7.45. The summed E-state index contributed by atoms with van der Waals surface area (Å²) in [6.07, 6.45) is 0. The van der Waals surface area contributed by atoms with Crippen LogP contribution in [0.4, 0.5) is 13.2 Å². The molecule has 0 aliphatic carbocycles. The van der Waals surface area contributed by atoms with Crippen LogP contribution in [-0.4, -0.2) is 0 Å². The summed E-state index contributed by atoms with van der Waals surface area (Å²) >= 11 is 0. The van der Waals surface area contributed by atoms with Gasteiger partial charge in [-0.05, 0) is 60.0 Å². The molecular formula is C26H9F3N6. The normalized spacial score (nSPS) is 10.1. The quantitative estimate of drug-likeness (QED) is 0.517. The molecule has 0 bridgehead atoms. The molecule has 0 aliphatic heterocycles. The Hall–Kier alpha value is -5.61. The van der Waals surface area contributed by atoms with E-state index in [0.29, 0.717) is 0 Å². The first kappa shape index (κ1) is 24.0. The molecule has 6 nitrogen and oxygen atoms in total. The predicted octanol–water partition coefficient (Wildman–Crippen LogP) is 4.69. The third-order valence-electron chi connectivity index (χ3n) is 5.67. The van der Waals surface area contributed by atoms with Crippen molar-refractivity contribution < 1.29 is 13.2 Å². The Morgan fingerprint density at radius 3 is 0.771 bits per heavy atom. The van der Waals surface area contributed by atoms with Gasteiger partial charge in [0, 0.05) is 5.41 Å². The van der Waals surface area contributed by atoms with Crippen molar-refractivity contribution in [3.63, 3.8) is 0 Å². The van der Waals surface area contributed by atoms with Crippen molar-refractivity contribution in [2.24, 2.45) is 0 Å². The minimum absolute atomic E-state index is 0.0748. The van der Waals surface area contributed by atoms with Crippen LogP contribution in [0, 0.1) is 85.4 Å². The molecule has 0 saturated heterocycles. The van der Waals surface area contributed by atoms with Gasteiger partial charge in [-0.1, -0.05) is 0 Å². The Labute approximate surface area is 197 Å². The number of hydrogen-bond donors (Lipinski definition) is 0. The zero-order valence-corrected chi connectivity index (χ0v) is 17.8. The SMILES string of the molecule is CC(c1cc(C#N)c(F)c(C#N)c1)(c1cc(C#N)c(F)c(C#N)c1)c1cc(C#N)c(F)c(C#N)c1. The molecule has 0 heterocycles. The van der Waals surface area contributed by atoms with Gasteiger partial charge in [-0.25, -0.2) is 13.2 Å². The molecule has 0 amide bonds. The van der Waals surface area contributed by atoms with Crippen LogP contribution >= 0.6 is 0 Å². The molecule has 0 saturated carbocycles. The van der Waals surface area contributed by atoms with E-state index in [-0.39, 0.29) is 16.7 Å². The summed E-state index contributed by atoms with van der Waals surface area (Å²) < 4.78 is 43.5. The largest absolute Gasteiger partial charge is 0.204 e. The lowest BCUT2D eigenvalue weighted by atomic mass is 9.69. The zero-order valence-electron chi connectivity index (χ0n) is 17.8. The molecule has 3 aromatic rings. The molecule has 3 rings (SSSR count). The molecule has 0 aromatic heterocycles.